The molecule has 0 radical (unpaired) electrons. The minimum atomic E-state index is -0.426. The molecule has 2 aromatic rings. The maximum absolute atomic E-state index is 12.0. The predicted octanol–water partition coefficient (Wildman–Crippen LogP) is 3.78. The molecule has 2 rings (SSSR count). The molecule has 0 saturated heterocycles. The zero-order valence-electron chi connectivity index (χ0n) is 12.7. The van der Waals surface area contributed by atoms with E-state index < -0.39 is 5.97 Å². The van der Waals surface area contributed by atoms with Crippen LogP contribution in [0.2, 0.25) is 0 Å². The molecule has 4 nitrogen and oxygen atoms in total. The summed E-state index contributed by atoms with van der Waals surface area (Å²) in [5.74, 6) is -0.415. The first-order chi connectivity index (χ1) is 10.6. The molecule has 0 aromatic heterocycles. The summed E-state index contributed by atoms with van der Waals surface area (Å²) in [6.45, 7) is 4.23. The monoisotopic (exact) mass is 298 g/mol. The largest absolute Gasteiger partial charge is 0.462 e. The number of benzene rings is 2. The van der Waals surface area contributed by atoms with Crippen molar-refractivity contribution in [1.29, 1.82) is 0 Å². The molecule has 0 N–H and O–H groups in total. The van der Waals surface area contributed by atoms with Crippen LogP contribution in [0.1, 0.15) is 39.6 Å². The van der Waals surface area contributed by atoms with Gasteiger partial charge in [0.2, 0.25) is 0 Å². The Labute approximate surface area is 129 Å². The van der Waals surface area contributed by atoms with Crippen molar-refractivity contribution in [3.63, 3.8) is 0 Å². The number of hydrogen-bond donors (Lipinski definition) is 0. The molecule has 0 saturated carbocycles. The van der Waals surface area contributed by atoms with Gasteiger partial charge < -0.3 is 9.47 Å². The van der Waals surface area contributed by atoms with Crippen molar-refractivity contribution in [2.24, 2.45) is 0 Å². The SMILES string of the molecule is CCCOC(=O)c1ccc(OC(=O)c2cccc(C)c2)cc1. The summed E-state index contributed by atoms with van der Waals surface area (Å²) in [7, 11) is 0. The lowest BCUT2D eigenvalue weighted by Gasteiger charge is -2.06. The lowest BCUT2D eigenvalue weighted by atomic mass is 10.1. The van der Waals surface area contributed by atoms with Gasteiger partial charge in [0.1, 0.15) is 5.75 Å². The van der Waals surface area contributed by atoms with E-state index >= 15 is 0 Å². The lowest BCUT2D eigenvalue weighted by molar-refractivity contribution is 0.0505. The summed E-state index contributed by atoms with van der Waals surface area (Å²) in [6.07, 6.45) is 0.776. The summed E-state index contributed by atoms with van der Waals surface area (Å²) in [6, 6.07) is 13.5. The number of aryl methyl sites for hydroxylation is 1. The standard InChI is InChI=1S/C18H18O4/c1-3-11-21-17(19)14-7-9-16(10-8-14)22-18(20)15-6-4-5-13(2)12-15/h4-10,12H,3,11H2,1-2H3. The molecule has 4 heteroatoms. The summed E-state index contributed by atoms with van der Waals surface area (Å²) < 4.78 is 10.3. The molecule has 0 bridgehead atoms. The van der Waals surface area contributed by atoms with Crippen LogP contribution in [0.25, 0.3) is 0 Å². The second kappa shape index (κ2) is 7.41. The first kappa shape index (κ1) is 15.8. The minimum Gasteiger partial charge on any atom is -0.462 e. The minimum absolute atomic E-state index is 0.376. The van der Waals surface area contributed by atoms with Crippen molar-refractivity contribution in [3.8, 4) is 5.75 Å². The highest BCUT2D eigenvalue weighted by molar-refractivity contribution is 5.92. The average Bonchev–Trinajstić information content (AvgIpc) is 2.53. The normalized spacial score (nSPS) is 10.1. The van der Waals surface area contributed by atoms with Gasteiger partial charge in [-0.25, -0.2) is 9.59 Å². The van der Waals surface area contributed by atoms with E-state index in [-0.39, 0.29) is 5.97 Å². The maximum atomic E-state index is 12.0. The van der Waals surface area contributed by atoms with Crippen LogP contribution < -0.4 is 4.74 Å². The summed E-state index contributed by atoms with van der Waals surface area (Å²) in [4.78, 5) is 23.7. The first-order valence-corrected chi connectivity index (χ1v) is 7.16. The molecule has 114 valence electrons. The average molecular weight is 298 g/mol. The van der Waals surface area contributed by atoms with Crippen LogP contribution >= 0.6 is 0 Å². The van der Waals surface area contributed by atoms with E-state index in [1.165, 1.54) is 0 Å². The molecule has 0 aliphatic carbocycles. The number of rotatable bonds is 5. The molecular formula is C18H18O4. The van der Waals surface area contributed by atoms with Crippen molar-refractivity contribution >= 4 is 11.9 Å². The third kappa shape index (κ3) is 4.19. The van der Waals surface area contributed by atoms with E-state index in [9.17, 15) is 9.59 Å². The topological polar surface area (TPSA) is 52.6 Å². The fourth-order valence-electron chi connectivity index (χ4n) is 1.88. The highest BCUT2D eigenvalue weighted by Gasteiger charge is 2.10. The van der Waals surface area contributed by atoms with Crippen LogP contribution in [0.15, 0.2) is 48.5 Å². The Morgan fingerprint density at radius 1 is 0.955 bits per heavy atom. The molecule has 0 heterocycles. The summed E-state index contributed by atoms with van der Waals surface area (Å²) >= 11 is 0. The molecule has 0 unspecified atom stereocenters. The van der Waals surface area contributed by atoms with Gasteiger partial charge in [-0.3, -0.25) is 0 Å². The van der Waals surface area contributed by atoms with Gasteiger partial charge in [-0.05, 0) is 49.7 Å². The summed E-state index contributed by atoms with van der Waals surface area (Å²) in [5.41, 5.74) is 1.92. The first-order valence-electron chi connectivity index (χ1n) is 7.16. The second-order valence-corrected chi connectivity index (χ2v) is 4.92. The van der Waals surface area contributed by atoms with Crippen molar-refractivity contribution in [1.82, 2.24) is 0 Å². The lowest BCUT2D eigenvalue weighted by Crippen LogP contribution is -2.09. The molecule has 0 spiro atoms. The number of hydrogen-bond acceptors (Lipinski definition) is 4. The number of carbonyl (C=O) groups excluding carboxylic acids is 2. The Morgan fingerprint density at radius 2 is 1.68 bits per heavy atom. The van der Waals surface area contributed by atoms with Gasteiger partial charge >= 0.3 is 11.9 Å². The van der Waals surface area contributed by atoms with Crippen molar-refractivity contribution in [2.45, 2.75) is 20.3 Å². The third-order valence-corrected chi connectivity index (χ3v) is 2.99. The van der Waals surface area contributed by atoms with Gasteiger partial charge in [-0.1, -0.05) is 24.6 Å². The highest BCUT2D eigenvalue weighted by Crippen LogP contribution is 2.15. The van der Waals surface area contributed by atoms with E-state index in [4.69, 9.17) is 9.47 Å². The van der Waals surface area contributed by atoms with E-state index in [0.29, 0.717) is 23.5 Å². The Balaban J connectivity index is 2.02. The second-order valence-electron chi connectivity index (χ2n) is 4.92. The maximum Gasteiger partial charge on any atom is 0.343 e. The van der Waals surface area contributed by atoms with Crippen LogP contribution in [-0.4, -0.2) is 18.5 Å². The van der Waals surface area contributed by atoms with E-state index in [2.05, 4.69) is 0 Å². The van der Waals surface area contributed by atoms with Gasteiger partial charge in [0.25, 0.3) is 0 Å². The quantitative estimate of drug-likeness (QED) is 0.622. The molecule has 0 atom stereocenters. The molecule has 0 aliphatic rings. The van der Waals surface area contributed by atoms with Crippen LogP contribution in [-0.2, 0) is 4.74 Å². The molecule has 0 fully saturated rings. The fourth-order valence-corrected chi connectivity index (χ4v) is 1.88. The number of esters is 2. The smallest absolute Gasteiger partial charge is 0.343 e. The Morgan fingerprint density at radius 3 is 2.32 bits per heavy atom. The van der Waals surface area contributed by atoms with E-state index in [1.807, 2.05) is 19.9 Å². The van der Waals surface area contributed by atoms with Crippen LogP contribution in [0.3, 0.4) is 0 Å². The Kier molecular flexibility index (Phi) is 5.31. The van der Waals surface area contributed by atoms with Crippen LogP contribution in [0, 0.1) is 6.92 Å². The van der Waals surface area contributed by atoms with Gasteiger partial charge in [-0.15, -0.1) is 0 Å². The van der Waals surface area contributed by atoms with Gasteiger partial charge in [-0.2, -0.15) is 0 Å². The van der Waals surface area contributed by atoms with Crippen molar-refractivity contribution in [2.75, 3.05) is 6.61 Å². The van der Waals surface area contributed by atoms with Crippen molar-refractivity contribution < 1.29 is 19.1 Å². The fraction of sp³-hybridized carbons (Fsp3) is 0.222. The number of ether oxygens (including phenoxy) is 2. The van der Waals surface area contributed by atoms with Crippen LogP contribution in [0.5, 0.6) is 5.75 Å². The zero-order chi connectivity index (χ0) is 15.9. The Hall–Kier alpha value is -2.62. The molecule has 0 aliphatic heterocycles. The highest BCUT2D eigenvalue weighted by atomic mass is 16.5. The van der Waals surface area contributed by atoms with E-state index in [1.54, 1.807) is 42.5 Å². The third-order valence-electron chi connectivity index (χ3n) is 2.99. The Bertz CT molecular complexity index is 659. The van der Waals surface area contributed by atoms with Crippen LogP contribution in [0.4, 0.5) is 0 Å². The van der Waals surface area contributed by atoms with E-state index in [0.717, 1.165) is 12.0 Å². The van der Waals surface area contributed by atoms with Gasteiger partial charge in [0, 0.05) is 0 Å². The zero-order valence-corrected chi connectivity index (χ0v) is 12.7. The van der Waals surface area contributed by atoms with Gasteiger partial charge in [0.05, 0.1) is 17.7 Å². The predicted molar refractivity (Wildman–Crippen MR) is 83.2 cm³/mol. The number of carbonyl (C=O) groups is 2. The van der Waals surface area contributed by atoms with Gasteiger partial charge in [0.15, 0.2) is 0 Å². The molecule has 22 heavy (non-hydrogen) atoms. The molecule has 2 aromatic carbocycles. The molecular weight excluding hydrogens is 280 g/mol. The summed E-state index contributed by atoms with van der Waals surface area (Å²) in [5, 5.41) is 0. The molecule has 0 amide bonds. The van der Waals surface area contributed by atoms with Crippen molar-refractivity contribution in [3.05, 3.63) is 65.2 Å².